The molecule has 0 saturated carbocycles. The molecule has 1 rings (SSSR count). The highest BCUT2D eigenvalue weighted by Gasteiger charge is 2.34. The number of aliphatic hydroxyl groups excluding tert-OH is 1. The third kappa shape index (κ3) is 3.93. The second-order valence-electron chi connectivity index (χ2n) is 6.39. The molecule has 0 aromatic rings. The van der Waals surface area contributed by atoms with Gasteiger partial charge in [0.25, 0.3) is 0 Å². The molecular formula is C15H30N2O2. The number of hydrogen-bond acceptors (Lipinski definition) is 3. The summed E-state index contributed by atoms with van der Waals surface area (Å²) in [5.41, 5.74) is 0. The summed E-state index contributed by atoms with van der Waals surface area (Å²) in [6, 6.07) is 0.365. The van der Waals surface area contributed by atoms with Crippen molar-refractivity contribution in [2.24, 2.45) is 5.92 Å². The van der Waals surface area contributed by atoms with E-state index < -0.39 is 0 Å². The van der Waals surface area contributed by atoms with Gasteiger partial charge in [0.05, 0.1) is 12.1 Å². The third-order valence-electron chi connectivity index (χ3n) is 4.21. The molecule has 1 aliphatic heterocycles. The number of aliphatic hydroxyl groups is 1. The summed E-state index contributed by atoms with van der Waals surface area (Å²) in [4.78, 5) is 16.8. The molecule has 0 spiro atoms. The van der Waals surface area contributed by atoms with Crippen LogP contribution in [0.2, 0.25) is 0 Å². The van der Waals surface area contributed by atoms with Crippen LogP contribution < -0.4 is 0 Å². The van der Waals surface area contributed by atoms with Crippen LogP contribution in [-0.2, 0) is 4.79 Å². The Labute approximate surface area is 117 Å². The van der Waals surface area contributed by atoms with Gasteiger partial charge in [-0.15, -0.1) is 0 Å². The summed E-state index contributed by atoms with van der Waals surface area (Å²) in [6.45, 7) is 13.8. The van der Waals surface area contributed by atoms with Crippen LogP contribution in [0, 0.1) is 5.92 Å². The Bertz CT molecular complexity index is 295. The molecule has 0 radical (unpaired) electrons. The summed E-state index contributed by atoms with van der Waals surface area (Å²) in [7, 11) is 0. The summed E-state index contributed by atoms with van der Waals surface area (Å²) in [5.74, 6) is 0.512. The number of carbonyl (C=O) groups is 1. The van der Waals surface area contributed by atoms with E-state index in [1.807, 2.05) is 18.7 Å². The molecular weight excluding hydrogens is 240 g/mol. The molecule has 0 aliphatic carbocycles. The van der Waals surface area contributed by atoms with Gasteiger partial charge in [0.15, 0.2) is 0 Å². The minimum Gasteiger partial charge on any atom is -0.393 e. The van der Waals surface area contributed by atoms with Gasteiger partial charge in [0.1, 0.15) is 0 Å². The minimum atomic E-state index is -0.279. The lowest BCUT2D eigenvalue weighted by molar-refractivity contribution is -0.139. The SMILES string of the molecule is CC(O)C1CCN(C(C)C(=O)N(C(C)C)C(C)C)C1. The van der Waals surface area contributed by atoms with Gasteiger partial charge >= 0.3 is 0 Å². The van der Waals surface area contributed by atoms with E-state index >= 15 is 0 Å². The van der Waals surface area contributed by atoms with Gasteiger partial charge in [0.2, 0.25) is 5.91 Å². The van der Waals surface area contributed by atoms with Crippen LogP contribution in [0.15, 0.2) is 0 Å². The standard InChI is InChI=1S/C15H30N2O2/c1-10(2)17(11(3)4)15(19)12(5)16-8-7-14(9-16)13(6)18/h10-14,18H,7-9H2,1-6H3. The van der Waals surface area contributed by atoms with Crippen LogP contribution in [0.5, 0.6) is 0 Å². The molecule has 1 fully saturated rings. The zero-order valence-electron chi connectivity index (χ0n) is 13.3. The maximum absolute atomic E-state index is 12.6. The second-order valence-corrected chi connectivity index (χ2v) is 6.39. The Morgan fingerprint density at radius 2 is 1.68 bits per heavy atom. The van der Waals surface area contributed by atoms with Crippen LogP contribution in [0.3, 0.4) is 0 Å². The first-order valence-corrected chi connectivity index (χ1v) is 7.50. The van der Waals surface area contributed by atoms with Crippen LogP contribution >= 0.6 is 0 Å². The van der Waals surface area contributed by atoms with E-state index in [-0.39, 0.29) is 30.1 Å². The number of hydrogen-bond donors (Lipinski definition) is 1. The highest BCUT2D eigenvalue weighted by Crippen LogP contribution is 2.23. The van der Waals surface area contributed by atoms with Crippen molar-refractivity contribution in [3.63, 3.8) is 0 Å². The zero-order valence-corrected chi connectivity index (χ0v) is 13.3. The molecule has 1 heterocycles. The summed E-state index contributed by atoms with van der Waals surface area (Å²) >= 11 is 0. The van der Waals surface area contributed by atoms with E-state index in [4.69, 9.17) is 0 Å². The summed E-state index contributed by atoms with van der Waals surface area (Å²) in [6.07, 6.45) is 0.706. The molecule has 4 heteroatoms. The topological polar surface area (TPSA) is 43.8 Å². The molecule has 0 bridgehead atoms. The predicted octanol–water partition coefficient (Wildman–Crippen LogP) is 1.72. The quantitative estimate of drug-likeness (QED) is 0.827. The number of amides is 1. The molecule has 3 atom stereocenters. The van der Waals surface area contributed by atoms with E-state index in [9.17, 15) is 9.90 Å². The molecule has 19 heavy (non-hydrogen) atoms. The second kappa shape index (κ2) is 6.71. The van der Waals surface area contributed by atoms with Crippen molar-refractivity contribution in [1.29, 1.82) is 0 Å². The Morgan fingerprint density at radius 3 is 2.05 bits per heavy atom. The fourth-order valence-corrected chi connectivity index (χ4v) is 3.04. The van der Waals surface area contributed by atoms with Crippen molar-refractivity contribution in [2.45, 2.75) is 72.2 Å². The monoisotopic (exact) mass is 270 g/mol. The van der Waals surface area contributed by atoms with E-state index in [0.29, 0.717) is 5.92 Å². The van der Waals surface area contributed by atoms with Gasteiger partial charge in [-0.1, -0.05) is 0 Å². The van der Waals surface area contributed by atoms with Crippen molar-refractivity contribution in [3.8, 4) is 0 Å². The number of rotatable bonds is 5. The fraction of sp³-hybridized carbons (Fsp3) is 0.933. The molecule has 3 unspecified atom stereocenters. The van der Waals surface area contributed by atoms with E-state index in [2.05, 4.69) is 32.6 Å². The van der Waals surface area contributed by atoms with E-state index in [0.717, 1.165) is 19.5 Å². The fourth-order valence-electron chi connectivity index (χ4n) is 3.04. The maximum Gasteiger partial charge on any atom is 0.240 e. The largest absolute Gasteiger partial charge is 0.393 e. The first-order chi connectivity index (χ1) is 8.75. The first-order valence-electron chi connectivity index (χ1n) is 7.50. The Morgan fingerprint density at radius 1 is 1.16 bits per heavy atom. The first kappa shape index (κ1) is 16.4. The normalized spacial score (nSPS) is 23.9. The molecule has 112 valence electrons. The Kier molecular flexibility index (Phi) is 5.81. The van der Waals surface area contributed by atoms with Crippen LogP contribution in [-0.4, -0.2) is 58.1 Å². The number of likely N-dealkylation sites (tertiary alicyclic amines) is 1. The minimum absolute atomic E-state index is 0.0893. The third-order valence-corrected chi connectivity index (χ3v) is 4.21. The average Bonchev–Trinajstić information content (AvgIpc) is 2.75. The van der Waals surface area contributed by atoms with Gasteiger partial charge in [-0.05, 0) is 60.4 Å². The number of nitrogens with zero attached hydrogens (tertiary/aromatic N) is 2. The molecule has 0 aromatic carbocycles. The predicted molar refractivity (Wildman–Crippen MR) is 77.9 cm³/mol. The number of carbonyl (C=O) groups excluding carboxylic acids is 1. The van der Waals surface area contributed by atoms with Crippen LogP contribution in [0.1, 0.15) is 48.0 Å². The average molecular weight is 270 g/mol. The molecule has 1 N–H and O–H groups in total. The lowest BCUT2D eigenvalue weighted by Gasteiger charge is -2.36. The van der Waals surface area contributed by atoms with Crippen LogP contribution in [0.25, 0.3) is 0 Å². The van der Waals surface area contributed by atoms with Crippen molar-refractivity contribution >= 4 is 5.91 Å². The van der Waals surface area contributed by atoms with Gasteiger partial charge < -0.3 is 10.0 Å². The van der Waals surface area contributed by atoms with Crippen molar-refractivity contribution in [2.75, 3.05) is 13.1 Å². The van der Waals surface area contributed by atoms with Crippen molar-refractivity contribution in [1.82, 2.24) is 9.80 Å². The van der Waals surface area contributed by atoms with Gasteiger partial charge in [-0.2, -0.15) is 0 Å². The highest BCUT2D eigenvalue weighted by atomic mass is 16.3. The lowest BCUT2D eigenvalue weighted by atomic mass is 10.0. The summed E-state index contributed by atoms with van der Waals surface area (Å²) < 4.78 is 0. The van der Waals surface area contributed by atoms with Gasteiger partial charge in [-0.25, -0.2) is 0 Å². The molecule has 0 aromatic heterocycles. The van der Waals surface area contributed by atoms with E-state index in [1.165, 1.54) is 0 Å². The summed E-state index contributed by atoms with van der Waals surface area (Å²) in [5, 5.41) is 9.65. The van der Waals surface area contributed by atoms with E-state index in [1.54, 1.807) is 0 Å². The van der Waals surface area contributed by atoms with Crippen molar-refractivity contribution < 1.29 is 9.90 Å². The highest BCUT2D eigenvalue weighted by molar-refractivity contribution is 5.82. The Hall–Kier alpha value is -0.610. The molecule has 1 amide bonds. The van der Waals surface area contributed by atoms with Crippen LogP contribution in [0.4, 0.5) is 0 Å². The maximum atomic E-state index is 12.6. The molecule has 4 nitrogen and oxygen atoms in total. The smallest absolute Gasteiger partial charge is 0.240 e. The lowest BCUT2D eigenvalue weighted by Crippen LogP contribution is -2.51. The zero-order chi connectivity index (χ0) is 14.7. The van der Waals surface area contributed by atoms with Crippen molar-refractivity contribution in [3.05, 3.63) is 0 Å². The molecule has 1 aliphatic rings. The van der Waals surface area contributed by atoms with Gasteiger partial charge in [0, 0.05) is 18.6 Å². The van der Waals surface area contributed by atoms with Gasteiger partial charge in [-0.3, -0.25) is 9.69 Å². The Balaban J connectivity index is 2.67. The molecule has 1 saturated heterocycles.